The molecule has 0 aliphatic rings. The zero-order valence-electron chi connectivity index (χ0n) is 11.9. The van der Waals surface area contributed by atoms with Crippen molar-refractivity contribution in [1.29, 1.82) is 5.26 Å². The van der Waals surface area contributed by atoms with Crippen LogP contribution in [0.1, 0.15) is 12.5 Å². The van der Waals surface area contributed by atoms with Gasteiger partial charge in [-0.3, -0.25) is 0 Å². The topological polar surface area (TPSA) is 76.4 Å². The van der Waals surface area contributed by atoms with Crippen molar-refractivity contribution >= 4 is 37.6 Å². The number of hydrogen-bond acceptors (Lipinski definition) is 5. The standard InChI is InChI=1S/C15H11BrClNO4S/c1-2-21-13-8-10(9-18)7-11(16)15(13)22-23(19,20)14-6-4-3-5-12(14)17/h3-8H,2H2,1H3. The fourth-order valence-electron chi connectivity index (χ4n) is 1.78. The molecule has 0 saturated carbocycles. The van der Waals surface area contributed by atoms with Crippen LogP contribution in [0.2, 0.25) is 5.02 Å². The van der Waals surface area contributed by atoms with Crippen molar-refractivity contribution in [2.45, 2.75) is 11.8 Å². The Balaban J connectivity index is 2.51. The van der Waals surface area contributed by atoms with E-state index < -0.39 is 10.1 Å². The second-order valence-corrected chi connectivity index (χ2v) is 7.07. The van der Waals surface area contributed by atoms with Gasteiger partial charge in [-0.15, -0.1) is 0 Å². The maximum atomic E-state index is 12.4. The first-order chi connectivity index (χ1) is 10.9. The lowest BCUT2D eigenvalue weighted by Crippen LogP contribution is -2.12. The van der Waals surface area contributed by atoms with E-state index in [0.29, 0.717) is 5.56 Å². The zero-order valence-corrected chi connectivity index (χ0v) is 15.1. The van der Waals surface area contributed by atoms with Crippen LogP contribution in [0.25, 0.3) is 0 Å². The molecule has 2 aromatic carbocycles. The average molecular weight is 417 g/mol. The van der Waals surface area contributed by atoms with E-state index in [1.807, 2.05) is 6.07 Å². The van der Waals surface area contributed by atoms with Crippen LogP contribution in [-0.2, 0) is 10.1 Å². The van der Waals surface area contributed by atoms with Gasteiger partial charge in [0.2, 0.25) is 0 Å². The highest BCUT2D eigenvalue weighted by Gasteiger charge is 2.24. The number of benzene rings is 2. The average Bonchev–Trinajstić information content (AvgIpc) is 2.50. The molecule has 120 valence electrons. The molecular formula is C15H11BrClNO4S. The predicted octanol–water partition coefficient (Wildman–Crippen LogP) is 4.14. The van der Waals surface area contributed by atoms with Gasteiger partial charge in [-0.2, -0.15) is 13.7 Å². The minimum Gasteiger partial charge on any atom is -0.490 e. The van der Waals surface area contributed by atoms with Crippen LogP contribution in [-0.4, -0.2) is 15.0 Å². The Bertz CT molecular complexity index is 878. The summed E-state index contributed by atoms with van der Waals surface area (Å²) < 4.78 is 35.7. The highest BCUT2D eigenvalue weighted by molar-refractivity contribution is 9.10. The van der Waals surface area contributed by atoms with E-state index in [9.17, 15) is 8.42 Å². The zero-order chi connectivity index (χ0) is 17.0. The normalized spacial score (nSPS) is 10.9. The summed E-state index contributed by atoms with van der Waals surface area (Å²) in [6.07, 6.45) is 0. The number of nitrogens with zero attached hydrogens (tertiary/aromatic N) is 1. The highest BCUT2D eigenvalue weighted by Crippen LogP contribution is 2.39. The molecule has 2 aromatic rings. The summed E-state index contributed by atoms with van der Waals surface area (Å²) in [5.41, 5.74) is 0.308. The molecule has 0 atom stereocenters. The van der Waals surface area contributed by atoms with Gasteiger partial charge >= 0.3 is 10.1 Å². The number of nitriles is 1. The summed E-state index contributed by atoms with van der Waals surface area (Å²) in [5.74, 6) is 0.111. The molecule has 0 aromatic heterocycles. The smallest absolute Gasteiger partial charge is 0.340 e. The van der Waals surface area contributed by atoms with Gasteiger partial charge < -0.3 is 8.92 Å². The van der Waals surface area contributed by atoms with E-state index >= 15 is 0 Å². The molecule has 0 radical (unpaired) electrons. The summed E-state index contributed by atoms with van der Waals surface area (Å²) in [5, 5.41) is 9.04. The summed E-state index contributed by atoms with van der Waals surface area (Å²) in [6.45, 7) is 2.02. The van der Waals surface area contributed by atoms with Crippen LogP contribution in [0.4, 0.5) is 0 Å². The van der Waals surface area contributed by atoms with Crippen molar-refractivity contribution < 1.29 is 17.3 Å². The Morgan fingerprint density at radius 3 is 2.61 bits per heavy atom. The second-order valence-electron chi connectivity index (χ2n) is 4.30. The monoisotopic (exact) mass is 415 g/mol. The minimum absolute atomic E-state index is 0.0363. The fourth-order valence-corrected chi connectivity index (χ4v) is 3.86. The lowest BCUT2D eigenvalue weighted by atomic mass is 10.2. The largest absolute Gasteiger partial charge is 0.490 e. The summed E-state index contributed by atoms with van der Waals surface area (Å²) >= 11 is 9.12. The number of halogens is 2. The fraction of sp³-hybridized carbons (Fsp3) is 0.133. The molecule has 2 rings (SSSR count). The van der Waals surface area contributed by atoms with Crippen LogP contribution in [0, 0.1) is 11.3 Å². The quantitative estimate of drug-likeness (QED) is 0.685. The third kappa shape index (κ3) is 3.96. The predicted molar refractivity (Wildman–Crippen MR) is 89.3 cm³/mol. The molecule has 0 spiro atoms. The van der Waals surface area contributed by atoms with Crippen molar-refractivity contribution in [1.82, 2.24) is 0 Å². The first-order valence-electron chi connectivity index (χ1n) is 6.44. The Labute approximate surface area is 147 Å². The summed E-state index contributed by atoms with van der Waals surface area (Å²) in [4.78, 5) is -0.152. The minimum atomic E-state index is -4.15. The van der Waals surface area contributed by atoms with E-state index in [0.717, 1.165) is 0 Å². The lowest BCUT2D eigenvalue weighted by molar-refractivity contribution is 0.327. The van der Waals surface area contributed by atoms with Crippen molar-refractivity contribution in [2.24, 2.45) is 0 Å². The Morgan fingerprint density at radius 2 is 2.00 bits per heavy atom. The molecule has 0 bridgehead atoms. The van der Waals surface area contributed by atoms with Gasteiger partial charge in [0.25, 0.3) is 0 Å². The molecule has 0 heterocycles. The number of ether oxygens (including phenoxy) is 1. The van der Waals surface area contributed by atoms with E-state index in [2.05, 4.69) is 15.9 Å². The maximum absolute atomic E-state index is 12.4. The summed E-state index contributed by atoms with van der Waals surface area (Å²) in [6, 6.07) is 10.8. The van der Waals surface area contributed by atoms with E-state index in [1.54, 1.807) is 19.1 Å². The van der Waals surface area contributed by atoms with Crippen LogP contribution in [0.15, 0.2) is 45.8 Å². The van der Waals surface area contributed by atoms with Gasteiger partial charge in [0.05, 0.1) is 27.7 Å². The van der Waals surface area contributed by atoms with Gasteiger partial charge in [0, 0.05) is 6.07 Å². The third-order valence-electron chi connectivity index (χ3n) is 2.74. The number of hydrogen-bond donors (Lipinski definition) is 0. The molecular weight excluding hydrogens is 406 g/mol. The van der Waals surface area contributed by atoms with E-state index in [1.165, 1.54) is 24.3 Å². The van der Waals surface area contributed by atoms with E-state index in [-0.39, 0.29) is 32.5 Å². The summed E-state index contributed by atoms with van der Waals surface area (Å²) in [7, 11) is -4.15. The van der Waals surface area contributed by atoms with Crippen molar-refractivity contribution in [3.63, 3.8) is 0 Å². The molecule has 0 aliphatic heterocycles. The Kier molecular flexibility index (Phi) is 5.52. The van der Waals surface area contributed by atoms with Crippen molar-refractivity contribution in [3.05, 3.63) is 51.5 Å². The van der Waals surface area contributed by atoms with Gasteiger partial charge in [0.1, 0.15) is 4.90 Å². The van der Waals surface area contributed by atoms with Crippen LogP contribution >= 0.6 is 27.5 Å². The SMILES string of the molecule is CCOc1cc(C#N)cc(Br)c1OS(=O)(=O)c1ccccc1Cl. The molecule has 0 fully saturated rings. The van der Waals surface area contributed by atoms with Gasteiger partial charge in [-0.25, -0.2) is 0 Å². The van der Waals surface area contributed by atoms with E-state index in [4.69, 9.17) is 25.8 Å². The van der Waals surface area contributed by atoms with Gasteiger partial charge in [-0.05, 0) is 41.1 Å². The van der Waals surface area contributed by atoms with Crippen molar-refractivity contribution in [2.75, 3.05) is 6.61 Å². The van der Waals surface area contributed by atoms with Crippen LogP contribution in [0.3, 0.4) is 0 Å². The molecule has 0 amide bonds. The molecule has 8 heteroatoms. The highest BCUT2D eigenvalue weighted by atomic mass is 79.9. The first kappa shape index (κ1) is 17.6. The Hall–Kier alpha value is -1.75. The van der Waals surface area contributed by atoms with Crippen LogP contribution in [0.5, 0.6) is 11.5 Å². The molecule has 23 heavy (non-hydrogen) atoms. The second kappa shape index (κ2) is 7.21. The van der Waals surface area contributed by atoms with Gasteiger partial charge in [-0.1, -0.05) is 23.7 Å². The first-order valence-corrected chi connectivity index (χ1v) is 9.02. The third-order valence-corrected chi connectivity index (χ3v) is 5.05. The Morgan fingerprint density at radius 1 is 1.30 bits per heavy atom. The maximum Gasteiger partial charge on any atom is 0.340 e. The molecule has 0 unspecified atom stereocenters. The van der Waals surface area contributed by atoms with Crippen LogP contribution < -0.4 is 8.92 Å². The number of rotatable bonds is 5. The van der Waals surface area contributed by atoms with Crippen molar-refractivity contribution in [3.8, 4) is 17.6 Å². The molecule has 0 saturated heterocycles. The lowest BCUT2D eigenvalue weighted by Gasteiger charge is -2.14. The molecule has 5 nitrogen and oxygen atoms in total. The molecule has 0 N–H and O–H groups in total. The van der Waals surface area contributed by atoms with Gasteiger partial charge in [0.15, 0.2) is 11.5 Å². The molecule has 0 aliphatic carbocycles.